The quantitative estimate of drug-likeness (QED) is 0.791. The number of nitrogens with one attached hydrogen (secondary N) is 1. The maximum atomic E-state index is 12.5. The number of ether oxygens (including phenoxy) is 1. The maximum Gasteiger partial charge on any atom is 0.329 e. The van der Waals surface area contributed by atoms with Crippen LogP contribution in [0.15, 0.2) is 33.9 Å². The predicted octanol–water partition coefficient (Wildman–Crippen LogP) is 3.26. The summed E-state index contributed by atoms with van der Waals surface area (Å²) in [7, 11) is 1.63. The van der Waals surface area contributed by atoms with Crippen LogP contribution in [0.25, 0.3) is 22.4 Å². The van der Waals surface area contributed by atoms with Gasteiger partial charge < -0.3 is 4.74 Å². The first kappa shape index (κ1) is 16.3. The smallest absolute Gasteiger partial charge is 0.329 e. The molecule has 0 radical (unpaired) electrons. The molecule has 0 unspecified atom stereocenters. The Balaban J connectivity index is 2.05. The Hall–Kier alpha value is -2.60. The second kappa shape index (κ2) is 6.49. The molecule has 0 amide bonds. The molecule has 24 heavy (non-hydrogen) atoms. The van der Waals surface area contributed by atoms with Gasteiger partial charge in [-0.25, -0.2) is 4.79 Å². The zero-order valence-corrected chi connectivity index (χ0v) is 14.6. The molecule has 1 aromatic carbocycles. The number of aromatic amines is 1. The van der Waals surface area contributed by atoms with Crippen molar-refractivity contribution < 1.29 is 4.74 Å². The molecule has 0 atom stereocenters. The molecule has 2 aromatic heterocycles. The van der Waals surface area contributed by atoms with Gasteiger partial charge in [-0.1, -0.05) is 18.2 Å². The molecule has 0 aliphatic rings. The summed E-state index contributed by atoms with van der Waals surface area (Å²) in [5.74, 6) is 0.808. The molecule has 0 fully saturated rings. The van der Waals surface area contributed by atoms with Gasteiger partial charge in [0, 0.05) is 11.4 Å². The molecule has 0 saturated heterocycles. The van der Waals surface area contributed by atoms with E-state index >= 15 is 0 Å². The van der Waals surface area contributed by atoms with E-state index in [-0.39, 0.29) is 11.2 Å². The van der Waals surface area contributed by atoms with Crippen LogP contribution in [0.5, 0.6) is 5.75 Å². The molecule has 0 spiro atoms. The fourth-order valence-corrected chi connectivity index (χ4v) is 3.69. The lowest BCUT2D eigenvalue weighted by molar-refractivity contribution is 0.415. The van der Waals surface area contributed by atoms with Crippen LogP contribution >= 0.6 is 11.3 Å². The van der Waals surface area contributed by atoms with Crippen molar-refractivity contribution in [2.75, 3.05) is 7.11 Å². The Morgan fingerprint density at radius 1 is 1.21 bits per heavy atom. The molecule has 3 rings (SSSR count). The largest absolute Gasteiger partial charge is 0.497 e. The second-order valence-corrected chi connectivity index (χ2v) is 6.43. The van der Waals surface area contributed by atoms with Crippen LogP contribution in [-0.2, 0) is 6.54 Å². The summed E-state index contributed by atoms with van der Waals surface area (Å²) in [5, 5.41) is 0.593. The number of benzene rings is 1. The van der Waals surface area contributed by atoms with E-state index in [0.29, 0.717) is 16.8 Å². The molecule has 0 saturated carbocycles. The van der Waals surface area contributed by atoms with Crippen LogP contribution in [0.4, 0.5) is 0 Å². The summed E-state index contributed by atoms with van der Waals surface area (Å²) in [5.41, 5.74) is 1.34. The van der Waals surface area contributed by atoms with Crippen LogP contribution in [0, 0.1) is 6.92 Å². The average molecular weight is 342 g/mol. The number of hydrogen-bond donors (Lipinski definition) is 1. The minimum atomic E-state index is -0.359. The van der Waals surface area contributed by atoms with Crippen LogP contribution in [0.3, 0.4) is 0 Å². The van der Waals surface area contributed by atoms with Crippen molar-refractivity contribution in [3.63, 3.8) is 0 Å². The van der Waals surface area contributed by atoms with E-state index in [4.69, 9.17) is 4.74 Å². The van der Waals surface area contributed by atoms with E-state index in [1.165, 1.54) is 15.9 Å². The van der Waals surface area contributed by atoms with E-state index in [1.54, 1.807) is 14.0 Å². The molecule has 0 aliphatic heterocycles. The molecule has 124 valence electrons. The van der Waals surface area contributed by atoms with Crippen molar-refractivity contribution >= 4 is 33.7 Å². The lowest BCUT2D eigenvalue weighted by Crippen LogP contribution is -2.34. The highest BCUT2D eigenvalue weighted by molar-refractivity contribution is 7.19. The highest BCUT2D eigenvalue weighted by Gasteiger charge is 2.13. The zero-order valence-electron chi connectivity index (χ0n) is 13.8. The number of rotatable bonds is 4. The molecule has 2 heterocycles. The van der Waals surface area contributed by atoms with E-state index in [1.807, 2.05) is 43.3 Å². The molecule has 5 nitrogen and oxygen atoms in total. The third kappa shape index (κ3) is 2.80. The van der Waals surface area contributed by atoms with Crippen molar-refractivity contribution in [1.82, 2.24) is 9.55 Å². The molecule has 6 heteroatoms. The average Bonchev–Trinajstić information content (AvgIpc) is 2.89. The Bertz CT molecular complexity index is 1020. The number of aryl methyl sites for hydroxylation is 1. The van der Waals surface area contributed by atoms with E-state index in [0.717, 1.165) is 21.8 Å². The van der Waals surface area contributed by atoms with E-state index in [9.17, 15) is 9.59 Å². The summed E-state index contributed by atoms with van der Waals surface area (Å²) in [6.07, 6.45) is 3.95. The molecular weight excluding hydrogens is 324 g/mol. The summed E-state index contributed by atoms with van der Waals surface area (Å²) < 4.78 is 6.37. The fourth-order valence-electron chi connectivity index (χ4n) is 2.60. The van der Waals surface area contributed by atoms with Gasteiger partial charge in [0.2, 0.25) is 0 Å². The minimum Gasteiger partial charge on any atom is -0.497 e. The summed E-state index contributed by atoms with van der Waals surface area (Å²) in [6.45, 7) is 4.05. The fraction of sp³-hybridized carbons (Fsp3) is 0.222. The lowest BCUT2D eigenvalue weighted by Gasteiger charge is -2.00. The number of H-pyrrole nitrogens is 1. The summed E-state index contributed by atoms with van der Waals surface area (Å²) in [4.78, 5) is 28.8. The van der Waals surface area contributed by atoms with Crippen LogP contribution < -0.4 is 16.0 Å². The van der Waals surface area contributed by atoms with Crippen molar-refractivity contribution in [2.45, 2.75) is 20.4 Å². The normalized spacial score (nSPS) is 11.5. The second-order valence-electron chi connectivity index (χ2n) is 5.38. The SMILES string of the molecule is CCn1c(=O)[nH]c2sc(C=Cc3ccc(OC)cc3)c(C)c2c1=O. The molecule has 1 N–H and O–H groups in total. The predicted molar refractivity (Wildman–Crippen MR) is 99.0 cm³/mol. The highest BCUT2D eigenvalue weighted by atomic mass is 32.1. The van der Waals surface area contributed by atoms with Gasteiger partial charge in [0.05, 0.1) is 12.5 Å². The van der Waals surface area contributed by atoms with Crippen LogP contribution in [-0.4, -0.2) is 16.7 Å². The van der Waals surface area contributed by atoms with Gasteiger partial charge in [-0.05, 0) is 43.2 Å². The van der Waals surface area contributed by atoms with Gasteiger partial charge >= 0.3 is 5.69 Å². The summed E-state index contributed by atoms with van der Waals surface area (Å²) >= 11 is 1.42. The van der Waals surface area contributed by atoms with Gasteiger partial charge in [-0.15, -0.1) is 11.3 Å². The molecule has 0 aliphatic carbocycles. The van der Waals surface area contributed by atoms with Gasteiger partial charge in [-0.3, -0.25) is 14.3 Å². The number of nitrogens with zero attached hydrogens (tertiary/aromatic N) is 1. The molecular formula is C18H18N2O3S. The number of fused-ring (bicyclic) bond motifs is 1. The Morgan fingerprint density at radius 3 is 2.54 bits per heavy atom. The van der Waals surface area contributed by atoms with Crippen molar-refractivity contribution in [3.8, 4) is 5.75 Å². The molecule has 0 bridgehead atoms. The monoisotopic (exact) mass is 342 g/mol. The van der Waals surface area contributed by atoms with Gasteiger partial charge in [0.15, 0.2) is 0 Å². The topological polar surface area (TPSA) is 64.1 Å². The first-order valence-electron chi connectivity index (χ1n) is 7.63. The maximum absolute atomic E-state index is 12.5. The Labute approximate surface area is 142 Å². The first-order valence-corrected chi connectivity index (χ1v) is 8.45. The van der Waals surface area contributed by atoms with Crippen molar-refractivity contribution in [1.29, 1.82) is 0 Å². The van der Waals surface area contributed by atoms with E-state index in [2.05, 4.69) is 4.98 Å². The summed E-state index contributed by atoms with van der Waals surface area (Å²) in [6, 6.07) is 7.72. The van der Waals surface area contributed by atoms with E-state index < -0.39 is 0 Å². The number of hydrogen-bond acceptors (Lipinski definition) is 4. The third-order valence-corrected chi connectivity index (χ3v) is 5.14. The number of methoxy groups -OCH3 is 1. The van der Waals surface area contributed by atoms with Crippen molar-refractivity contribution in [2.24, 2.45) is 0 Å². The minimum absolute atomic E-state index is 0.228. The zero-order chi connectivity index (χ0) is 17.3. The lowest BCUT2D eigenvalue weighted by atomic mass is 10.1. The van der Waals surface area contributed by atoms with Crippen molar-refractivity contribution in [3.05, 3.63) is 61.1 Å². The van der Waals surface area contributed by atoms with Gasteiger partial charge in [0.1, 0.15) is 10.6 Å². The van der Waals surface area contributed by atoms with Crippen LogP contribution in [0.1, 0.15) is 22.9 Å². The number of aromatic nitrogens is 2. The first-order chi connectivity index (χ1) is 11.5. The Morgan fingerprint density at radius 2 is 1.92 bits per heavy atom. The van der Waals surface area contributed by atoms with Crippen LogP contribution in [0.2, 0.25) is 0 Å². The number of thiophene rings is 1. The molecule has 3 aromatic rings. The van der Waals surface area contributed by atoms with Gasteiger partial charge in [-0.2, -0.15) is 0 Å². The third-order valence-electron chi connectivity index (χ3n) is 3.97. The Kier molecular flexibility index (Phi) is 4.40. The standard InChI is InChI=1S/C18H18N2O3S/c1-4-20-17(21)15-11(2)14(24-16(15)19-18(20)22)10-7-12-5-8-13(23-3)9-6-12/h5-10H,4H2,1-3H3,(H,19,22). The highest BCUT2D eigenvalue weighted by Crippen LogP contribution is 2.28. The van der Waals surface area contributed by atoms with Gasteiger partial charge in [0.25, 0.3) is 5.56 Å².